The number of nitrogens with zero attached hydrogens (tertiary/aromatic N) is 2. The van der Waals surface area contributed by atoms with Crippen LogP contribution < -0.4 is 10.6 Å². The van der Waals surface area contributed by atoms with E-state index in [0.29, 0.717) is 19.4 Å². The molecule has 0 aromatic heterocycles. The lowest BCUT2D eigenvalue weighted by molar-refractivity contribution is -0.134. The topological polar surface area (TPSA) is 81.8 Å². The Morgan fingerprint density at radius 2 is 1.71 bits per heavy atom. The van der Waals surface area contributed by atoms with Gasteiger partial charge in [-0.1, -0.05) is 37.1 Å². The standard InChI is InChI=1S/C21H28N4O3/c26-18(15-25-19(27)21(23-20(25)28)9-3-4-10-21)22-13-16-7-1-2-8-17(16)14-24-11-5-6-12-24/h1-2,7-8H,3-6,9-15H2,(H,22,26)(H,23,28). The van der Waals surface area contributed by atoms with Crippen LogP contribution >= 0.6 is 0 Å². The van der Waals surface area contributed by atoms with E-state index in [9.17, 15) is 14.4 Å². The van der Waals surface area contributed by atoms with Gasteiger partial charge in [0.25, 0.3) is 5.91 Å². The monoisotopic (exact) mass is 384 g/mol. The fourth-order valence-corrected chi connectivity index (χ4v) is 4.60. The number of imide groups is 1. The Morgan fingerprint density at radius 3 is 2.43 bits per heavy atom. The van der Waals surface area contributed by atoms with E-state index in [2.05, 4.69) is 21.6 Å². The predicted molar refractivity (Wildman–Crippen MR) is 104 cm³/mol. The van der Waals surface area contributed by atoms with Crippen molar-refractivity contribution in [3.8, 4) is 0 Å². The minimum Gasteiger partial charge on any atom is -0.350 e. The molecule has 0 unspecified atom stereocenters. The van der Waals surface area contributed by atoms with Gasteiger partial charge < -0.3 is 10.6 Å². The first-order valence-corrected chi connectivity index (χ1v) is 10.3. The summed E-state index contributed by atoms with van der Waals surface area (Å²) in [6, 6.07) is 7.66. The van der Waals surface area contributed by atoms with Crippen LogP contribution in [0.15, 0.2) is 24.3 Å². The molecule has 1 aliphatic carbocycles. The minimum absolute atomic E-state index is 0.222. The number of amides is 4. The Kier molecular flexibility index (Phi) is 5.35. The van der Waals surface area contributed by atoms with Gasteiger partial charge in [0.1, 0.15) is 12.1 Å². The summed E-state index contributed by atoms with van der Waals surface area (Å²) < 4.78 is 0. The normalized spacial score (nSPS) is 21.5. The summed E-state index contributed by atoms with van der Waals surface area (Å²) in [7, 11) is 0. The van der Waals surface area contributed by atoms with Gasteiger partial charge in [-0.15, -0.1) is 0 Å². The molecule has 0 radical (unpaired) electrons. The van der Waals surface area contributed by atoms with Gasteiger partial charge in [-0.05, 0) is 49.9 Å². The van der Waals surface area contributed by atoms with Crippen molar-refractivity contribution in [1.29, 1.82) is 0 Å². The Labute approximate surface area is 165 Å². The van der Waals surface area contributed by atoms with Gasteiger partial charge in [0.2, 0.25) is 5.91 Å². The van der Waals surface area contributed by atoms with Crippen LogP contribution in [0.3, 0.4) is 0 Å². The summed E-state index contributed by atoms with van der Waals surface area (Å²) >= 11 is 0. The van der Waals surface area contributed by atoms with E-state index in [1.54, 1.807) is 0 Å². The molecule has 2 N–H and O–H groups in total. The summed E-state index contributed by atoms with van der Waals surface area (Å²) in [5.74, 6) is -0.561. The second-order valence-electron chi connectivity index (χ2n) is 8.14. The number of hydrogen-bond acceptors (Lipinski definition) is 4. The third-order valence-corrected chi connectivity index (χ3v) is 6.19. The van der Waals surface area contributed by atoms with Gasteiger partial charge in [-0.25, -0.2) is 4.79 Å². The van der Waals surface area contributed by atoms with E-state index < -0.39 is 11.6 Å². The van der Waals surface area contributed by atoms with E-state index in [4.69, 9.17) is 0 Å². The van der Waals surface area contributed by atoms with Crippen molar-refractivity contribution in [3.05, 3.63) is 35.4 Å². The highest BCUT2D eigenvalue weighted by molar-refractivity contribution is 6.09. The Hall–Kier alpha value is -2.41. The lowest BCUT2D eigenvalue weighted by atomic mass is 9.98. The average molecular weight is 384 g/mol. The van der Waals surface area contributed by atoms with E-state index in [0.717, 1.165) is 42.9 Å². The molecular formula is C21H28N4O3. The molecule has 2 heterocycles. The number of carbonyl (C=O) groups excluding carboxylic acids is 3. The van der Waals surface area contributed by atoms with Crippen LogP contribution in [0, 0.1) is 0 Å². The van der Waals surface area contributed by atoms with E-state index in [1.807, 2.05) is 18.2 Å². The third kappa shape index (κ3) is 3.76. The highest BCUT2D eigenvalue weighted by Gasteiger charge is 2.52. The molecule has 0 atom stereocenters. The molecular weight excluding hydrogens is 356 g/mol. The molecule has 3 aliphatic rings. The molecule has 7 heteroatoms. The molecule has 4 rings (SSSR count). The summed E-state index contributed by atoms with van der Waals surface area (Å²) in [4.78, 5) is 40.8. The van der Waals surface area contributed by atoms with Gasteiger partial charge in [-0.2, -0.15) is 0 Å². The summed E-state index contributed by atoms with van der Waals surface area (Å²) in [5, 5.41) is 5.69. The summed E-state index contributed by atoms with van der Waals surface area (Å²) in [6.07, 6.45) is 5.68. The largest absolute Gasteiger partial charge is 0.350 e. The first-order chi connectivity index (χ1) is 13.6. The smallest absolute Gasteiger partial charge is 0.325 e. The van der Waals surface area contributed by atoms with Crippen molar-refractivity contribution < 1.29 is 14.4 Å². The van der Waals surface area contributed by atoms with Crippen LogP contribution in [-0.4, -0.2) is 52.8 Å². The molecule has 28 heavy (non-hydrogen) atoms. The van der Waals surface area contributed by atoms with Crippen LogP contribution in [0.4, 0.5) is 4.79 Å². The Bertz CT molecular complexity index is 767. The quantitative estimate of drug-likeness (QED) is 0.733. The maximum atomic E-state index is 12.7. The highest BCUT2D eigenvalue weighted by atomic mass is 16.2. The maximum Gasteiger partial charge on any atom is 0.325 e. The molecule has 1 saturated carbocycles. The molecule has 2 saturated heterocycles. The molecule has 0 bridgehead atoms. The van der Waals surface area contributed by atoms with Gasteiger partial charge in [0.15, 0.2) is 0 Å². The van der Waals surface area contributed by atoms with Crippen LogP contribution in [0.1, 0.15) is 49.7 Å². The molecule has 1 aromatic rings. The van der Waals surface area contributed by atoms with Crippen molar-refractivity contribution in [3.63, 3.8) is 0 Å². The SMILES string of the molecule is O=C(CN1C(=O)NC2(CCCC2)C1=O)NCc1ccccc1CN1CCCC1. The molecule has 4 amide bonds. The zero-order valence-corrected chi connectivity index (χ0v) is 16.2. The molecule has 3 fully saturated rings. The molecule has 1 aromatic carbocycles. The number of nitrogens with one attached hydrogen (secondary N) is 2. The van der Waals surface area contributed by atoms with Crippen LogP contribution in [-0.2, 0) is 22.7 Å². The van der Waals surface area contributed by atoms with Crippen molar-refractivity contribution in [2.45, 2.75) is 57.2 Å². The number of carbonyl (C=O) groups is 3. The highest BCUT2D eigenvalue weighted by Crippen LogP contribution is 2.34. The second kappa shape index (κ2) is 7.91. The first-order valence-electron chi connectivity index (χ1n) is 10.3. The fraction of sp³-hybridized carbons (Fsp3) is 0.571. The number of benzene rings is 1. The van der Waals surface area contributed by atoms with Gasteiger partial charge >= 0.3 is 6.03 Å². The average Bonchev–Trinajstić information content (AvgIpc) is 3.41. The number of rotatable bonds is 6. The van der Waals surface area contributed by atoms with Gasteiger partial charge in [0, 0.05) is 13.1 Å². The maximum absolute atomic E-state index is 12.7. The number of likely N-dealkylation sites (tertiary alicyclic amines) is 1. The Morgan fingerprint density at radius 1 is 1.04 bits per heavy atom. The first kappa shape index (κ1) is 18.9. The summed E-state index contributed by atoms with van der Waals surface area (Å²) in [5.41, 5.74) is 1.52. The molecule has 150 valence electrons. The van der Waals surface area contributed by atoms with E-state index >= 15 is 0 Å². The zero-order valence-electron chi connectivity index (χ0n) is 16.2. The van der Waals surface area contributed by atoms with Crippen LogP contribution in [0.2, 0.25) is 0 Å². The Balaban J connectivity index is 1.34. The fourth-order valence-electron chi connectivity index (χ4n) is 4.60. The van der Waals surface area contributed by atoms with Gasteiger partial charge in [0.05, 0.1) is 0 Å². The zero-order chi connectivity index (χ0) is 19.6. The van der Waals surface area contributed by atoms with Crippen molar-refractivity contribution in [1.82, 2.24) is 20.4 Å². The van der Waals surface area contributed by atoms with E-state index in [-0.39, 0.29) is 18.4 Å². The van der Waals surface area contributed by atoms with Gasteiger partial charge in [-0.3, -0.25) is 19.4 Å². The van der Waals surface area contributed by atoms with Crippen LogP contribution in [0.25, 0.3) is 0 Å². The van der Waals surface area contributed by atoms with Crippen molar-refractivity contribution >= 4 is 17.8 Å². The van der Waals surface area contributed by atoms with Crippen molar-refractivity contribution in [2.75, 3.05) is 19.6 Å². The lowest BCUT2D eigenvalue weighted by Gasteiger charge is -2.20. The third-order valence-electron chi connectivity index (χ3n) is 6.19. The molecule has 1 spiro atoms. The molecule has 7 nitrogen and oxygen atoms in total. The lowest BCUT2D eigenvalue weighted by Crippen LogP contribution is -2.45. The second-order valence-corrected chi connectivity index (χ2v) is 8.14. The number of hydrogen-bond donors (Lipinski definition) is 2. The minimum atomic E-state index is -0.764. The predicted octanol–water partition coefficient (Wildman–Crippen LogP) is 1.76. The summed E-state index contributed by atoms with van der Waals surface area (Å²) in [6.45, 7) is 3.31. The van der Waals surface area contributed by atoms with Crippen molar-refractivity contribution in [2.24, 2.45) is 0 Å². The molecule has 2 aliphatic heterocycles. The number of urea groups is 1. The van der Waals surface area contributed by atoms with E-state index in [1.165, 1.54) is 18.4 Å². The van der Waals surface area contributed by atoms with Crippen LogP contribution in [0.5, 0.6) is 0 Å².